The Kier molecular flexibility index (Phi) is 2.06. The van der Waals surface area contributed by atoms with Gasteiger partial charge in [0.25, 0.3) is 0 Å². The number of aromatic nitrogens is 2. The summed E-state index contributed by atoms with van der Waals surface area (Å²) in [7, 11) is 0. The lowest BCUT2D eigenvalue weighted by atomic mass is 10.4. The summed E-state index contributed by atoms with van der Waals surface area (Å²) in [6.07, 6.45) is 5.62. The molecule has 2 N–H and O–H groups in total. The molecule has 0 aromatic carbocycles. The molecule has 1 unspecified atom stereocenters. The molecule has 0 aliphatic heterocycles. The van der Waals surface area contributed by atoms with Crippen LogP contribution in [0.15, 0.2) is 6.20 Å². The van der Waals surface area contributed by atoms with E-state index in [4.69, 9.17) is 5.73 Å². The molecular formula is C7H12N3. The fourth-order valence-corrected chi connectivity index (χ4v) is 0.750. The monoisotopic (exact) mass is 138 g/mol. The van der Waals surface area contributed by atoms with E-state index in [-0.39, 0.29) is 6.17 Å². The molecular weight excluding hydrogens is 126 g/mol. The van der Waals surface area contributed by atoms with Crippen LogP contribution >= 0.6 is 0 Å². The van der Waals surface area contributed by atoms with Crippen LogP contribution in [0.5, 0.6) is 0 Å². The maximum absolute atomic E-state index is 5.69. The predicted octanol–water partition coefficient (Wildman–Crippen LogP) is 0.859. The number of hydrogen-bond acceptors (Lipinski definition) is 2. The number of nitrogens with two attached hydrogens (primary N) is 1. The molecule has 55 valence electrons. The number of rotatable bonds is 2. The topological polar surface area (TPSA) is 43.8 Å². The molecule has 1 radical (unpaired) electrons. The van der Waals surface area contributed by atoms with Gasteiger partial charge in [-0.1, -0.05) is 6.92 Å². The van der Waals surface area contributed by atoms with Gasteiger partial charge in [0.15, 0.2) is 0 Å². The van der Waals surface area contributed by atoms with Crippen molar-refractivity contribution in [2.24, 2.45) is 5.73 Å². The fraction of sp³-hybridized carbons (Fsp3) is 0.571. The zero-order valence-electron chi connectivity index (χ0n) is 6.33. The first kappa shape index (κ1) is 7.28. The molecule has 3 nitrogen and oxygen atoms in total. The highest BCUT2D eigenvalue weighted by Crippen LogP contribution is 2.02. The van der Waals surface area contributed by atoms with Crippen molar-refractivity contribution >= 4 is 0 Å². The van der Waals surface area contributed by atoms with Crippen LogP contribution in [0.4, 0.5) is 0 Å². The zero-order valence-corrected chi connectivity index (χ0v) is 6.33. The maximum atomic E-state index is 5.69. The largest absolute Gasteiger partial charge is 0.310 e. The quantitative estimate of drug-likeness (QED) is 0.658. The number of nitrogens with zero attached hydrogens (tertiary/aromatic N) is 2. The van der Waals surface area contributed by atoms with E-state index in [1.165, 1.54) is 0 Å². The normalized spacial score (nSPS) is 13.5. The van der Waals surface area contributed by atoms with E-state index in [2.05, 4.69) is 11.3 Å². The molecule has 1 aromatic rings. The predicted molar refractivity (Wildman–Crippen MR) is 39.3 cm³/mol. The van der Waals surface area contributed by atoms with E-state index in [0.29, 0.717) is 0 Å². The van der Waals surface area contributed by atoms with E-state index in [1.54, 1.807) is 4.68 Å². The summed E-state index contributed by atoms with van der Waals surface area (Å²) in [5.74, 6) is 0. The number of aryl methyl sites for hydroxylation is 1. The minimum absolute atomic E-state index is 0.00458. The summed E-state index contributed by atoms with van der Waals surface area (Å²) in [6, 6.07) is 0. The summed E-state index contributed by atoms with van der Waals surface area (Å²) >= 11 is 0. The molecule has 3 heteroatoms. The van der Waals surface area contributed by atoms with Gasteiger partial charge in [0.1, 0.15) is 6.20 Å². The first-order valence-electron chi connectivity index (χ1n) is 3.43. The standard InChI is InChI=1S/C7H12N3/c1-3-7(8)10-5-6(2)4-9-10/h5,7H,3,8H2,1-2H3. The van der Waals surface area contributed by atoms with Gasteiger partial charge in [-0.05, 0) is 18.9 Å². The van der Waals surface area contributed by atoms with Gasteiger partial charge in [-0.3, -0.25) is 4.68 Å². The van der Waals surface area contributed by atoms with Gasteiger partial charge < -0.3 is 5.73 Å². The Hall–Kier alpha value is -0.830. The average Bonchev–Trinajstić information content (AvgIpc) is 2.34. The van der Waals surface area contributed by atoms with E-state index >= 15 is 0 Å². The van der Waals surface area contributed by atoms with Gasteiger partial charge in [0.2, 0.25) is 0 Å². The Morgan fingerprint density at radius 1 is 1.90 bits per heavy atom. The molecule has 0 fully saturated rings. The Balaban J connectivity index is 2.74. The van der Waals surface area contributed by atoms with Crippen LogP contribution in [0.25, 0.3) is 0 Å². The molecule has 10 heavy (non-hydrogen) atoms. The summed E-state index contributed by atoms with van der Waals surface area (Å²) in [4.78, 5) is 0. The summed E-state index contributed by atoms with van der Waals surface area (Å²) < 4.78 is 1.73. The second-order valence-electron chi connectivity index (χ2n) is 2.38. The first-order chi connectivity index (χ1) is 4.74. The van der Waals surface area contributed by atoms with Gasteiger partial charge in [-0.15, -0.1) is 0 Å². The molecule has 1 heterocycles. The Morgan fingerprint density at radius 2 is 2.60 bits per heavy atom. The molecule has 0 saturated heterocycles. The second kappa shape index (κ2) is 2.84. The molecule has 0 amide bonds. The Bertz CT molecular complexity index is 204. The molecule has 0 aliphatic carbocycles. The first-order valence-corrected chi connectivity index (χ1v) is 3.43. The third-order valence-electron chi connectivity index (χ3n) is 1.43. The van der Waals surface area contributed by atoms with Crippen LogP contribution in [-0.4, -0.2) is 9.78 Å². The lowest BCUT2D eigenvalue weighted by Crippen LogP contribution is -2.17. The SMILES string of the molecule is CCC(N)n1cc(C)[c]n1. The molecule has 1 rings (SSSR count). The second-order valence-corrected chi connectivity index (χ2v) is 2.38. The van der Waals surface area contributed by atoms with Crippen molar-refractivity contribution in [3.63, 3.8) is 0 Å². The van der Waals surface area contributed by atoms with Gasteiger partial charge in [0, 0.05) is 6.20 Å². The van der Waals surface area contributed by atoms with Crippen molar-refractivity contribution in [2.45, 2.75) is 26.4 Å². The molecule has 0 saturated carbocycles. The van der Waals surface area contributed by atoms with Crippen LogP contribution in [-0.2, 0) is 0 Å². The molecule has 0 bridgehead atoms. The van der Waals surface area contributed by atoms with Crippen LogP contribution < -0.4 is 5.73 Å². The van der Waals surface area contributed by atoms with E-state index in [9.17, 15) is 0 Å². The highest BCUT2D eigenvalue weighted by molar-refractivity contribution is 4.98. The van der Waals surface area contributed by atoms with Gasteiger partial charge in [-0.2, -0.15) is 5.10 Å². The van der Waals surface area contributed by atoms with Crippen molar-refractivity contribution in [3.05, 3.63) is 18.0 Å². The van der Waals surface area contributed by atoms with Crippen molar-refractivity contribution in [2.75, 3.05) is 0 Å². The smallest absolute Gasteiger partial charge is 0.116 e. The summed E-state index contributed by atoms with van der Waals surface area (Å²) in [6.45, 7) is 3.98. The van der Waals surface area contributed by atoms with Crippen molar-refractivity contribution < 1.29 is 0 Å². The summed E-state index contributed by atoms with van der Waals surface area (Å²) in [5.41, 5.74) is 6.72. The van der Waals surface area contributed by atoms with Crippen LogP contribution in [0.1, 0.15) is 25.1 Å². The Labute approximate surface area is 60.8 Å². The minimum Gasteiger partial charge on any atom is -0.310 e. The number of hydrogen-bond donors (Lipinski definition) is 1. The highest BCUT2D eigenvalue weighted by Gasteiger charge is 2.01. The average molecular weight is 138 g/mol. The Morgan fingerprint density at radius 3 is 3.00 bits per heavy atom. The van der Waals surface area contributed by atoms with Gasteiger partial charge >= 0.3 is 0 Å². The minimum atomic E-state index is 0.00458. The van der Waals surface area contributed by atoms with Crippen molar-refractivity contribution in [3.8, 4) is 0 Å². The molecule has 0 aliphatic rings. The highest BCUT2D eigenvalue weighted by atomic mass is 15.3. The van der Waals surface area contributed by atoms with Crippen LogP contribution in [0.2, 0.25) is 0 Å². The van der Waals surface area contributed by atoms with E-state index < -0.39 is 0 Å². The van der Waals surface area contributed by atoms with Crippen LogP contribution in [0, 0.1) is 13.1 Å². The lowest BCUT2D eigenvalue weighted by molar-refractivity contribution is 0.455. The van der Waals surface area contributed by atoms with Gasteiger partial charge in [0.05, 0.1) is 6.17 Å². The van der Waals surface area contributed by atoms with E-state index in [0.717, 1.165) is 12.0 Å². The lowest BCUT2D eigenvalue weighted by Gasteiger charge is -2.07. The van der Waals surface area contributed by atoms with Crippen molar-refractivity contribution in [1.29, 1.82) is 0 Å². The zero-order chi connectivity index (χ0) is 7.56. The van der Waals surface area contributed by atoms with Crippen molar-refractivity contribution in [1.82, 2.24) is 9.78 Å². The fourth-order valence-electron chi connectivity index (χ4n) is 0.750. The van der Waals surface area contributed by atoms with Gasteiger partial charge in [-0.25, -0.2) is 0 Å². The third-order valence-corrected chi connectivity index (χ3v) is 1.43. The molecule has 1 atom stereocenters. The van der Waals surface area contributed by atoms with E-state index in [1.807, 2.05) is 20.0 Å². The maximum Gasteiger partial charge on any atom is 0.116 e. The summed E-state index contributed by atoms with van der Waals surface area (Å²) in [5, 5.41) is 3.95. The van der Waals surface area contributed by atoms with Crippen LogP contribution in [0.3, 0.4) is 0 Å². The third kappa shape index (κ3) is 1.36. The molecule has 1 aromatic heterocycles. The molecule has 0 spiro atoms.